The molecular formula is C9H15N3OS2. The van der Waals surface area contributed by atoms with Crippen molar-refractivity contribution in [3.63, 3.8) is 0 Å². The minimum atomic E-state index is -0.580. The highest BCUT2D eigenvalue weighted by Crippen LogP contribution is 2.12. The lowest BCUT2D eigenvalue weighted by Gasteiger charge is -2.25. The first-order chi connectivity index (χ1) is 7.24. The Hall–Kier alpha value is -0.460. The standard InChI is InChI=1S/C9H15N3OS2/c10-9-11-8(7-14-9)1-2-12-3-5-15(13)6-4-12/h7H,1-6H2,(H2,10,11). The number of rotatable bonds is 3. The molecule has 84 valence electrons. The molecule has 1 saturated heterocycles. The van der Waals surface area contributed by atoms with Crippen LogP contribution in [-0.2, 0) is 17.2 Å². The Morgan fingerprint density at radius 1 is 1.53 bits per heavy atom. The lowest BCUT2D eigenvalue weighted by molar-refractivity contribution is 0.302. The normalized spacial score (nSPS) is 19.5. The van der Waals surface area contributed by atoms with E-state index >= 15 is 0 Å². The van der Waals surface area contributed by atoms with Crippen molar-refractivity contribution in [2.45, 2.75) is 6.42 Å². The van der Waals surface area contributed by atoms with E-state index in [0.717, 1.165) is 43.3 Å². The zero-order chi connectivity index (χ0) is 10.7. The molecule has 0 saturated carbocycles. The maximum atomic E-state index is 11.1. The van der Waals surface area contributed by atoms with Crippen molar-refractivity contribution >= 4 is 27.3 Å². The maximum absolute atomic E-state index is 11.1. The summed E-state index contributed by atoms with van der Waals surface area (Å²) in [5.41, 5.74) is 6.63. The Bertz CT molecular complexity index is 343. The van der Waals surface area contributed by atoms with Gasteiger partial charge in [-0.05, 0) is 0 Å². The number of thiazole rings is 1. The van der Waals surface area contributed by atoms with Gasteiger partial charge in [0.05, 0.1) is 5.69 Å². The van der Waals surface area contributed by atoms with E-state index in [1.807, 2.05) is 5.38 Å². The minimum absolute atomic E-state index is 0.580. The first kappa shape index (κ1) is 11.0. The van der Waals surface area contributed by atoms with Gasteiger partial charge in [-0.25, -0.2) is 4.98 Å². The summed E-state index contributed by atoms with van der Waals surface area (Å²) in [5.74, 6) is 1.64. The molecule has 15 heavy (non-hydrogen) atoms. The Labute approximate surface area is 95.9 Å². The third kappa shape index (κ3) is 3.25. The molecule has 0 spiro atoms. The van der Waals surface area contributed by atoms with Gasteiger partial charge in [0.1, 0.15) is 0 Å². The average Bonchev–Trinajstić information content (AvgIpc) is 2.64. The molecule has 6 heteroatoms. The maximum Gasteiger partial charge on any atom is 0.180 e. The molecule has 2 heterocycles. The molecule has 1 fully saturated rings. The molecule has 4 nitrogen and oxygen atoms in total. The minimum Gasteiger partial charge on any atom is -0.375 e. The molecule has 0 unspecified atom stereocenters. The van der Waals surface area contributed by atoms with Crippen LogP contribution in [0.4, 0.5) is 5.13 Å². The first-order valence-electron chi connectivity index (χ1n) is 5.01. The molecule has 0 aromatic carbocycles. The molecule has 0 aliphatic carbocycles. The molecular weight excluding hydrogens is 230 g/mol. The fraction of sp³-hybridized carbons (Fsp3) is 0.667. The first-order valence-corrected chi connectivity index (χ1v) is 7.38. The third-order valence-electron chi connectivity index (χ3n) is 2.52. The van der Waals surface area contributed by atoms with Crippen LogP contribution >= 0.6 is 11.3 Å². The van der Waals surface area contributed by atoms with E-state index in [4.69, 9.17) is 5.73 Å². The summed E-state index contributed by atoms with van der Waals surface area (Å²) in [6, 6.07) is 0. The third-order valence-corrected chi connectivity index (χ3v) is 4.52. The van der Waals surface area contributed by atoms with Crippen molar-refractivity contribution in [2.24, 2.45) is 0 Å². The number of aromatic nitrogens is 1. The summed E-state index contributed by atoms with van der Waals surface area (Å²) >= 11 is 1.49. The van der Waals surface area contributed by atoms with Crippen LogP contribution in [0.1, 0.15) is 5.69 Å². The number of nitrogens with zero attached hydrogens (tertiary/aromatic N) is 2. The molecule has 1 aromatic rings. The fourth-order valence-electron chi connectivity index (χ4n) is 1.61. The van der Waals surface area contributed by atoms with Gasteiger partial charge >= 0.3 is 0 Å². The molecule has 2 rings (SSSR count). The van der Waals surface area contributed by atoms with Crippen molar-refractivity contribution in [3.05, 3.63) is 11.1 Å². The zero-order valence-electron chi connectivity index (χ0n) is 8.52. The zero-order valence-corrected chi connectivity index (χ0v) is 10.1. The SMILES string of the molecule is Nc1nc(CCN2CCS(=O)CC2)cs1. The van der Waals surface area contributed by atoms with Gasteiger partial charge in [0.25, 0.3) is 0 Å². The van der Waals surface area contributed by atoms with E-state index in [2.05, 4.69) is 9.88 Å². The molecule has 1 aliphatic heterocycles. The molecule has 2 N–H and O–H groups in total. The Kier molecular flexibility index (Phi) is 3.71. The monoisotopic (exact) mass is 245 g/mol. The quantitative estimate of drug-likeness (QED) is 0.834. The summed E-state index contributed by atoms with van der Waals surface area (Å²) in [5, 5.41) is 2.65. The van der Waals surface area contributed by atoms with Crippen LogP contribution < -0.4 is 5.73 Å². The van der Waals surface area contributed by atoms with Gasteiger partial charge in [-0.1, -0.05) is 0 Å². The summed E-state index contributed by atoms with van der Waals surface area (Å²) in [6.07, 6.45) is 0.945. The Balaban J connectivity index is 1.76. The summed E-state index contributed by atoms with van der Waals surface area (Å²) in [4.78, 5) is 6.56. The average molecular weight is 245 g/mol. The van der Waals surface area contributed by atoms with E-state index in [1.54, 1.807) is 0 Å². The van der Waals surface area contributed by atoms with Gasteiger partial charge in [-0.3, -0.25) is 4.21 Å². The van der Waals surface area contributed by atoms with Gasteiger partial charge in [-0.15, -0.1) is 11.3 Å². The lowest BCUT2D eigenvalue weighted by atomic mass is 10.3. The Morgan fingerprint density at radius 2 is 2.27 bits per heavy atom. The number of nitrogen functional groups attached to an aromatic ring is 1. The second-order valence-corrected chi connectivity index (χ2v) is 6.20. The number of hydrogen-bond donors (Lipinski definition) is 1. The summed E-state index contributed by atoms with van der Waals surface area (Å²) < 4.78 is 11.1. The highest BCUT2D eigenvalue weighted by Gasteiger charge is 2.14. The van der Waals surface area contributed by atoms with E-state index in [-0.39, 0.29) is 0 Å². The predicted octanol–water partition coefficient (Wildman–Crippen LogP) is 0.332. The molecule has 1 aliphatic rings. The van der Waals surface area contributed by atoms with E-state index < -0.39 is 10.8 Å². The van der Waals surface area contributed by atoms with Crippen LogP contribution in [-0.4, -0.2) is 45.2 Å². The van der Waals surface area contributed by atoms with E-state index in [1.165, 1.54) is 11.3 Å². The summed E-state index contributed by atoms with van der Waals surface area (Å²) in [6.45, 7) is 2.90. The van der Waals surface area contributed by atoms with Crippen molar-refractivity contribution < 1.29 is 4.21 Å². The van der Waals surface area contributed by atoms with Crippen molar-refractivity contribution in [1.29, 1.82) is 0 Å². The van der Waals surface area contributed by atoms with Crippen LogP contribution in [0.5, 0.6) is 0 Å². The second kappa shape index (κ2) is 5.05. The van der Waals surface area contributed by atoms with Crippen LogP contribution in [0.25, 0.3) is 0 Å². The van der Waals surface area contributed by atoms with Crippen LogP contribution in [0.15, 0.2) is 5.38 Å². The van der Waals surface area contributed by atoms with Gasteiger partial charge < -0.3 is 10.6 Å². The van der Waals surface area contributed by atoms with Crippen LogP contribution in [0.2, 0.25) is 0 Å². The Morgan fingerprint density at radius 3 is 2.87 bits per heavy atom. The van der Waals surface area contributed by atoms with E-state index in [9.17, 15) is 4.21 Å². The molecule has 0 bridgehead atoms. The second-order valence-electron chi connectivity index (χ2n) is 3.62. The molecule has 0 radical (unpaired) electrons. The van der Waals surface area contributed by atoms with Gasteiger partial charge in [0.2, 0.25) is 0 Å². The van der Waals surface area contributed by atoms with Crippen LogP contribution in [0.3, 0.4) is 0 Å². The van der Waals surface area contributed by atoms with Crippen LogP contribution in [0, 0.1) is 0 Å². The number of anilines is 1. The van der Waals surface area contributed by atoms with Crippen molar-refractivity contribution in [3.8, 4) is 0 Å². The predicted molar refractivity (Wildman–Crippen MR) is 64.5 cm³/mol. The number of nitrogens with two attached hydrogens (primary N) is 1. The smallest absolute Gasteiger partial charge is 0.180 e. The fourth-order valence-corrected chi connectivity index (χ4v) is 3.33. The highest BCUT2D eigenvalue weighted by molar-refractivity contribution is 7.85. The largest absolute Gasteiger partial charge is 0.375 e. The van der Waals surface area contributed by atoms with Gasteiger partial charge in [0.15, 0.2) is 5.13 Å². The van der Waals surface area contributed by atoms with Crippen molar-refractivity contribution in [2.75, 3.05) is 36.9 Å². The molecule has 0 atom stereocenters. The molecule has 0 amide bonds. The van der Waals surface area contributed by atoms with Gasteiger partial charge in [0, 0.05) is 53.7 Å². The van der Waals surface area contributed by atoms with E-state index in [0.29, 0.717) is 5.13 Å². The topological polar surface area (TPSA) is 59.2 Å². The molecule has 1 aromatic heterocycles. The summed E-state index contributed by atoms with van der Waals surface area (Å²) in [7, 11) is -0.580. The highest BCUT2D eigenvalue weighted by atomic mass is 32.2. The van der Waals surface area contributed by atoms with Crippen molar-refractivity contribution in [1.82, 2.24) is 9.88 Å². The van der Waals surface area contributed by atoms with Gasteiger partial charge in [-0.2, -0.15) is 0 Å². The lowest BCUT2D eigenvalue weighted by Crippen LogP contribution is -2.38. The number of hydrogen-bond acceptors (Lipinski definition) is 5.